The molecule has 0 radical (unpaired) electrons. The van der Waals surface area contributed by atoms with Gasteiger partial charge in [-0.15, -0.1) is 0 Å². The molecule has 5 nitrogen and oxygen atoms in total. The van der Waals surface area contributed by atoms with Crippen LogP contribution in [-0.4, -0.2) is 36.9 Å². The van der Waals surface area contributed by atoms with Crippen molar-refractivity contribution in [2.24, 2.45) is 0 Å². The highest BCUT2D eigenvalue weighted by Crippen LogP contribution is 1.98. The monoisotopic (exact) mass is 218 g/mol. The molecule has 0 saturated heterocycles. The molecule has 0 aliphatic heterocycles. The van der Waals surface area contributed by atoms with E-state index in [-0.39, 0.29) is 13.2 Å². The van der Waals surface area contributed by atoms with E-state index in [0.717, 1.165) is 0 Å². The predicted molar refractivity (Wildman–Crippen MR) is 54.0 cm³/mol. The van der Waals surface area contributed by atoms with Crippen molar-refractivity contribution in [2.75, 3.05) is 13.2 Å². The Morgan fingerprint density at radius 1 is 1.40 bits per heavy atom. The molecule has 0 aliphatic rings. The third-order valence-electron chi connectivity index (χ3n) is 1.41. The largest absolute Gasteiger partial charge is 0.460 e. The second-order valence-corrected chi connectivity index (χ2v) is 3.09. The lowest BCUT2D eigenvalue weighted by Gasteiger charge is -2.15. The van der Waals surface area contributed by atoms with E-state index in [1.165, 1.54) is 6.92 Å². The number of aliphatic hydroxyl groups is 1. The number of ether oxygens (including phenoxy) is 3. The molecule has 0 aromatic rings. The summed E-state index contributed by atoms with van der Waals surface area (Å²) < 4.78 is 14.8. The van der Waals surface area contributed by atoms with Crippen LogP contribution in [0.5, 0.6) is 0 Å². The van der Waals surface area contributed by atoms with E-state index in [1.54, 1.807) is 13.8 Å². The summed E-state index contributed by atoms with van der Waals surface area (Å²) in [6.45, 7) is 8.49. The van der Waals surface area contributed by atoms with Gasteiger partial charge in [-0.1, -0.05) is 6.58 Å². The molecule has 0 bridgehead atoms. The second-order valence-electron chi connectivity index (χ2n) is 3.09. The van der Waals surface area contributed by atoms with Crippen molar-refractivity contribution in [1.29, 1.82) is 0 Å². The first-order chi connectivity index (χ1) is 6.93. The van der Waals surface area contributed by atoms with Gasteiger partial charge in [0.05, 0.1) is 6.61 Å². The lowest BCUT2D eigenvalue weighted by molar-refractivity contribution is -0.216. The summed E-state index contributed by atoms with van der Waals surface area (Å²) in [5.74, 6) is -0.442. The van der Waals surface area contributed by atoms with Gasteiger partial charge in [0.15, 0.2) is 12.6 Å². The fraction of sp³-hybridized carbons (Fsp3) is 0.700. The third kappa shape index (κ3) is 8.11. The molecule has 0 saturated carbocycles. The van der Waals surface area contributed by atoms with Gasteiger partial charge in [-0.2, -0.15) is 0 Å². The zero-order valence-corrected chi connectivity index (χ0v) is 9.36. The van der Waals surface area contributed by atoms with Gasteiger partial charge in [0, 0.05) is 5.57 Å². The van der Waals surface area contributed by atoms with E-state index >= 15 is 0 Å². The molecule has 0 spiro atoms. The molecule has 0 aliphatic carbocycles. The maximum atomic E-state index is 10.9. The summed E-state index contributed by atoms with van der Waals surface area (Å²) in [6.07, 6.45) is -1.41. The molecular weight excluding hydrogens is 200 g/mol. The molecule has 2 atom stereocenters. The fourth-order valence-corrected chi connectivity index (χ4v) is 0.788. The quantitative estimate of drug-likeness (QED) is 0.296. The van der Waals surface area contributed by atoms with Gasteiger partial charge in [0.25, 0.3) is 0 Å². The average Bonchev–Trinajstić information content (AvgIpc) is 2.10. The highest BCUT2D eigenvalue weighted by atomic mass is 16.7. The van der Waals surface area contributed by atoms with Crippen molar-refractivity contribution >= 4 is 5.97 Å². The number of aliphatic hydroxyl groups excluding tert-OH is 1. The number of rotatable bonds is 7. The maximum absolute atomic E-state index is 10.9. The van der Waals surface area contributed by atoms with Gasteiger partial charge in [0.1, 0.15) is 6.61 Å². The van der Waals surface area contributed by atoms with E-state index in [1.807, 2.05) is 0 Å². The Balaban J connectivity index is 3.46. The molecule has 0 fully saturated rings. The van der Waals surface area contributed by atoms with Crippen LogP contribution in [0.25, 0.3) is 0 Å². The first-order valence-corrected chi connectivity index (χ1v) is 4.71. The van der Waals surface area contributed by atoms with Crippen LogP contribution in [0.3, 0.4) is 0 Å². The minimum Gasteiger partial charge on any atom is -0.460 e. The zero-order valence-electron chi connectivity index (χ0n) is 9.36. The summed E-state index contributed by atoms with van der Waals surface area (Å²) in [4.78, 5) is 10.9. The Morgan fingerprint density at radius 3 is 2.47 bits per heavy atom. The van der Waals surface area contributed by atoms with Crippen LogP contribution in [0.4, 0.5) is 0 Å². The van der Waals surface area contributed by atoms with Crippen LogP contribution in [-0.2, 0) is 19.0 Å². The Kier molecular flexibility index (Phi) is 6.94. The number of carbonyl (C=O) groups excluding carboxylic acids is 1. The Hall–Kier alpha value is -0.910. The van der Waals surface area contributed by atoms with Crippen LogP contribution < -0.4 is 0 Å². The third-order valence-corrected chi connectivity index (χ3v) is 1.41. The van der Waals surface area contributed by atoms with Gasteiger partial charge < -0.3 is 19.3 Å². The van der Waals surface area contributed by atoms with Crippen LogP contribution in [0, 0.1) is 0 Å². The molecule has 88 valence electrons. The summed E-state index contributed by atoms with van der Waals surface area (Å²) in [5.41, 5.74) is 0.350. The maximum Gasteiger partial charge on any atom is 0.333 e. The summed E-state index contributed by atoms with van der Waals surface area (Å²) in [7, 11) is 0. The van der Waals surface area contributed by atoms with Crippen LogP contribution >= 0.6 is 0 Å². The van der Waals surface area contributed by atoms with E-state index in [4.69, 9.17) is 19.3 Å². The minimum absolute atomic E-state index is 0.138. The van der Waals surface area contributed by atoms with Crippen LogP contribution in [0.15, 0.2) is 12.2 Å². The molecular formula is C10H18O5. The molecule has 0 heterocycles. The van der Waals surface area contributed by atoms with E-state index in [9.17, 15) is 4.79 Å². The first-order valence-electron chi connectivity index (χ1n) is 4.71. The van der Waals surface area contributed by atoms with Gasteiger partial charge in [-0.3, -0.25) is 0 Å². The molecule has 0 aromatic carbocycles. The topological polar surface area (TPSA) is 65.0 Å². The van der Waals surface area contributed by atoms with E-state index in [0.29, 0.717) is 5.57 Å². The smallest absolute Gasteiger partial charge is 0.333 e. The van der Waals surface area contributed by atoms with Crippen molar-refractivity contribution in [3.63, 3.8) is 0 Å². The number of hydrogen-bond donors (Lipinski definition) is 1. The Bertz CT molecular complexity index is 212. The molecule has 5 heteroatoms. The normalized spacial score (nSPS) is 14.4. The molecule has 0 rings (SSSR count). The Morgan fingerprint density at radius 2 is 2.00 bits per heavy atom. The van der Waals surface area contributed by atoms with Crippen molar-refractivity contribution in [3.05, 3.63) is 12.2 Å². The highest BCUT2D eigenvalue weighted by Gasteiger charge is 2.06. The van der Waals surface area contributed by atoms with Gasteiger partial charge in [-0.25, -0.2) is 4.79 Å². The summed E-state index contributed by atoms with van der Waals surface area (Å²) in [6, 6.07) is 0. The number of carbonyl (C=O) groups is 1. The average molecular weight is 218 g/mol. The Labute approximate surface area is 89.6 Å². The molecule has 0 aromatic heterocycles. The van der Waals surface area contributed by atoms with E-state index < -0.39 is 18.5 Å². The number of esters is 1. The molecule has 2 unspecified atom stereocenters. The molecule has 1 N–H and O–H groups in total. The summed E-state index contributed by atoms with van der Waals surface area (Å²) in [5, 5.41) is 8.84. The van der Waals surface area contributed by atoms with Gasteiger partial charge in [-0.05, 0) is 20.8 Å². The lowest BCUT2D eigenvalue weighted by Crippen LogP contribution is -2.22. The zero-order chi connectivity index (χ0) is 11.8. The van der Waals surface area contributed by atoms with Gasteiger partial charge >= 0.3 is 5.97 Å². The van der Waals surface area contributed by atoms with E-state index in [2.05, 4.69) is 6.58 Å². The molecule has 0 amide bonds. The number of hydrogen-bond acceptors (Lipinski definition) is 5. The van der Waals surface area contributed by atoms with Crippen molar-refractivity contribution in [2.45, 2.75) is 33.4 Å². The van der Waals surface area contributed by atoms with Crippen LogP contribution in [0.1, 0.15) is 20.8 Å². The summed E-state index contributed by atoms with van der Waals surface area (Å²) >= 11 is 0. The fourth-order valence-electron chi connectivity index (χ4n) is 0.788. The minimum atomic E-state index is -0.877. The SMILES string of the molecule is C=C(C)C(=O)OCCOC(C)OC(C)O. The van der Waals surface area contributed by atoms with Crippen LogP contribution in [0.2, 0.25) is 0 Å². The first kappa shape index (κ1) is 14.1. The highest BCUT2D eigenvalue weighted by molar-refractivity contribution is 5.86. The predicted octanol–water partition coefficient (Wildman–Crippen LogP) is 0.823. The molecule has 15 heavy (non-hydrogen) atoms. The van der Waals surface area contributed by atoms with Crippen molar-refractivity contribution in [3.8, 4) is 0 Å². The standard InChI is InChI=1S/C10H18O5/c1-7(2)10(12)14-6-5-13-9(4)15-8(3)11/h8-9,11H,1,5-6H2,2-4H3. The lowest BCUT2D eigenvalue weighted by atomic mass is 10.4. The van der Waals surface area contributed by atoms with Gasteiger partial charge in [0.2, 0.25) is 0 Å². The van der Waals surface area contributed by atoms with Crippen molar-refractivity contribution in [1.82, 2.24) is 0 Å². The second kappa shape index (κ2) is 7.39. The van der Waals surface area contributed by atoms with Crippen molar-refractivity contribution < 1.29 is 24.1 Å².